The van der Waals surface area contributed by atoms with E-state index in [0.29, 0.717) is 0 Å². The zero-order valence-corrected chi connectivity index (χ0v) is 17.1. The quantitative estimate of drug-likeness (QED) is 0.725. The molecule has 0 bridgehead atoms. The first-order valence-electron chi connectivity index (χ1n) is 9.36. The van der Waals surface area contributed by atoms with Crippen LogP contribution >= 0.6 is 0 Å². The minimum absolute atomic E-state index is 0.0174. The van der Waals surface area contributed by atoms with Gasteiger partial charge in [0.15, 0.2) is 0 Å². The molecule has 29 heavy (non-hydrogen) atoms. The lowest BCUT2D eigenvalue weighted by molar-refractivity contribution is -0.122. The predicted octanol–water partition coefficient (Wildman–Crippen LogP) is 4.26. The van der Waals surface area contributed by atoms with Crippen molar-refractivity contribution >= 4 is 17.7 Å². The molecule has 0 unspecified atom stereocenters. The number of amides is 2. The van der Waals surface area contributed by atoms with Gasteiger partial charge in [0.25, 0.3) is 0 Å². The first-order chi connectivity index (χ1) is 13.7. The number of para-hydroxylation sites is 1. The molecule has 0 fully saturated rings. The first-order valence-corrected chi connectivity index (χ1v) is 9.36. The van der Waals surface area contributed by atoms with Gasteiger partial charge in [0.05, 0.1) is 18.4 Å². The molecule has 0 aliphatic rings. The molecule has 2 aromatic rings. The average molecular weight is 402 g/mol. The maximum atomic E-state index is 13.9. The maximum absolute atomic E-state index is 13.9. The monoisotopic (exact) mass is 402 g/mol. The summed E-state index contributed by atoms with van der Waals surface area (Å²) in [5.41, 5.74) is 0.207. The van der Waals surface area contributed by atoms with Gasteiger partial charge in [-0.25, -0.2) is 9.18 Å². The van der Waals surface area contributed by atoms with E-state index in [2.05, 4.69) is 10.6 Å². The lowest BCUT2D eigenvalue weighted by Gasteiger charge is -2.27. The van der Waals surface area contributed by atoms with E-state index in [0.717, 1.165) is 5.56 Å². The Morgan fingerprint density at radius 1 is 1.03 bits per heavy atom. The van der Waals surface area contributed by atoms with Gasteiger partial charge < -0.3 is 20.1 Å². The SMILES string of the molecule is C[C@@H](OCc1ccccc1)[C@H](NC(=O)OC(C)(C)C)C(=O)Nc1ccccc1F. The van der Waals surface area contributed by atoms with Gasteiger partial charge in [-0.2, -0.15) is 0 Å². The fraction of sp³-hybridized carbons (Fsp3) is 0.364. The van der Waals surface area contributed by atoms with Crippen molar-refractivity contribution < 1.29 is 23.5 Å². The number of benzene rings is 2. The number of anilines is 1. The highest BCUT2D eigenvalue weighted by Crippen LogP contribution is 2.15. The second kappa shape index (κ2) is 10.0. The van der Waals surface area contributed by atoms with Gasteiger partial charge in [-0.15, -0.1) is 0 Å². The minimum Gasteiger partial charge on any atom is -0.444 e. The lowest BCUT2D eigenvalue weighted by Crippen LogP contribution is -2.52. The second-order valence-electron chi connectivity index (χ2n) is 7.59. The van der Waals surface area contributed by atoms with E-state index in [1.165, 1.54) is 18.2 Å². The van der Waals surface area contributed by atoms with Crippen LogP contribution in [-0.2, 0) is 20.9 Å². The summed E-state index contributed by atoms with van der Waals surface area (Å²) >= 11 is 0. The lowest BCUT2D eigenvalue weighted by atomic mass is 10.1. The van der Waals surface area contributed by atoms with Gasteiger partial charge in [0.2, 0.25) is 5.91 Å². The molecule has 2 atom stereocenters. The van der Waals surface area contributed by atoms with Crippen molar-refractivity contribution in [2.45, 2.75) is 52.0 Å². The van der Waals surface area contributed by atoms with Gasteiger partial charge in [-0.05, 0) is 45.4 Å². The van der Waals surface area contributed by atoms with Crippen LogP contribution in [0.4, 0.5) is 14.9 Å². The number of carbonyl (C=O) groups is 2. The molecule has 7 heteroatoms. The highest BCUT2D eigenvalue weighted by atomic mass is 19.1. The summed E-state index contributed by atoms with van der Waals surface area (Å²) in [6.45, 7) is 7.07. The van der Waals surface area contributed by atoms with E-state index >= 15 is 0 Å². The van der Waals surface area contributed by atoms with Gasteiger partial charge in [-0.1, -0.05) is 42.5 Å². The van der Waals surface area contributed by atoms with Crippen LogP contribution in [0.3, 0.4) is 0 Å². The van der Waals surface area contributed by atoms with E-state index in [4.69, 9.17) is 9.47 Å². The molecular formula is C22H27FN2O4. The summed E-state index contributed by atoms with van der Waals surface area (Å²) < 4.78 is 24.9. The van der Waals surface area contributed by atoms with Gasteiger partial charge in [0.1, 0.15) is 17.5 Å². The number of ether oxygens (including phenoxy) is 2. The third kappa shape index (κ3) is 7.54. The third-order valence-corrected chi connectivity index (χ3v) is 3.91. The summed E-state index contributed by atoms with van der Waals surface area (Å²) in [5, 5.41) is 5.02. The van der Waals surface area contributed by atoms with Crippen molar-refractivity contribution in [2.24, 2.45) is 0 Å². The number of alkyl carbamates (subject to hydrolysis) is 1. The minimum atomic E-state index is -1.09. The summed E-state index contributed by atoms with van der Waals surface area (Å²) in [4.78, 5) is 25.0. The van der Waals surface area contributed by atoms with E-state index in [1.54, 1.807) is 33.8 Å². The van der Waals surface area contributed by atoms with Gasteiger partial charge in [-0.3, -0.25) is 4.79 Å². The number of hydrogen-bond donors (Lipinski definition) is 2. The first kappa shape index (κ1) is 22.4. The Morgan fingerprint density at radius 3 is 2.28 bits per heavy atom. The molecule has 0 radical (unpaired) electrons. The summed E-state index contributed by atoms with van der Waals surface area (Å²) in [6.07, 6.45) is -1.46. The van der Waals surface area contributed by atoms with Crippen molar-refractivity contribution in [3.8, 4) is 0 Å². The zero-order chi connectivity index (χ0) is 21.4. The number of nitrogens with one attached hydrogen (secondary N) is 2. The molecule has 0 saturated carbocycles. The standard InChI is InChI=1S/C22H27FN2O4/c1-15(28-14-16-10-6-5-7-11-16)19(25-21(27)29-22(2,3)4)20(26)24-18-13-9-8-12-17(18)23/h5-13,15,19H,14H2,1-4H3,(H,24,26)(H,25,27)/t15-,19+/m1/s1. The topological polar surface area (TPSA) is 76.7 Å². The molecule has 156 valence electrons. The van der Waals surface area contributed by atoms with Crippen LogP contribution in [0.5, 0.6) is 0 Å². The van der Waals surface area contributed by atoms with Crippen molar-refractivity contribution in [1.29, 1.82) is 0 Å². The normalized spacial score (nSPS) is 13.3. The van der Waals surface area contributed by atoms with Crippen LogP contribution in [-0.4, -0.2) is 29.7 Å². The molecule has 2 N–H and O–H groups in total. The molecule has 2 aromatic carbocycles. The van der Waals surface area contributed by atoms with Crippen LogP contribution in [0.1, 0.15) is 33.3 Å². The van der Waals surface area contributed by atoms with E-state index in [9.17, 15) is 14.0 Å². The molecule has 2 amide bonds. The third-order valence-electron chi connectivity index (χ3n) is 3.91. The molecule has 0 saturated heterocycles. The molecule has 0 spiro atoms. The Kier molecular flexibility index (Phi) is 7.73. The maximum Gasteiger partial charge on any atom is 0.408 e. The highest BCUT2D eigenvalue weighted by molar-refractivity contribution is 5.97. The van der Waals surface area contributed by atoms with Crippen molar-refractivity contribution in [3.63, 3.8) is 0 Å². The molecule has 6 nitrogen and oxygen atoms in total. The predicted molar refractivity (Wildman–Crippen MR) is 109 cm³/mol. The Labute approximate surface area is 170 Å². The van der Waals surface area contributed by atoms with Crippen LogP contribution < -0.4 is 10.6 Å². The van der Waals surface area contributed by atoms with Gasteiger partial charge >= 0.3 is 6.09 Å². The Morgan fingerprint density at radius 2 is 1.66 bits per heavy atom. The molecule has 2 rings (SSSR count). The van der Waals surface area contributed by atoms with Crippen LogP contribution in [0.15, 0.2) is 54.6 Å². The summed E-state index contributed by atoms with van der Waals surface area (Å²) in [5.74, 6) is -1.18. The average Bonchev–Trinajstić information content (AvgIpc) is 2.65. The second-order valence-corrected chi connectivity index (χ2v) is 7.59. The highest BCUT2D eigenvalue weighted by Gasteiger charge is 2.30. The van der Waals surface area contributed by atoms with Crippen LogP contribution in [0, 0.1) is 5.82 Å². The number of rotatable bonds is 7. The van der Waals surface area contributed by atoms with E-state index < -0.39 is 35.6 Å². The molecule has 0 heterocycles. The zero-order valence-electron chi connectivity index (χ0n) is 17.1. The Bertz CT molecular complexity index is 821. The van der Waals surface area contributed by atoms with Crippen molar-refractivity contribution in [2.75, 3.05) is 5.32 Å². The number of halogens is 1. The Hall–Kier alpha value is -2.93. The number of carbonyl (C=O) groups excluding carboxylic acids is 2. The summed E-state index contributed by atoms with van der Waals surface area (Å²) in [7, 11) is 0. The van der Waals surface area contributed by atoms with Gasteiger partial charge in [0, 0.05) is 0 Å². The van der Waals surface area contributed by atoms with Crippen LogP contribution in [0.2, 0.25) is 0 Å². The fourth-order valence-corrected chi connectivity index (χ4v) is 2.50. The van der Waals surface area contributed by atoms with Crippen molar-refractivity contribution in [3.05, 3.63) is 66.0 Å². The molecule has 0 aliphatic carbocycles. The Balaban J connectivity index is 2.11. The van der Waals surface area contributed by atoms with Crippen LogP contribution in [0.25, 0.3) is 0 Å². The number of hydrogen-bond acceptors (Lipinski definition) is 4. The molecule has 0 aliphatic heterocycles. The largest absolute Gasteiger partial charge is 0.444 e. The van der Waals surface area contributed by atoms with E-state index in [1.807, 2.05) is 30.3 Å². The molecule has 0 aromatic heterocycles. The molecular weight excluding hydrogens is 375 g/mol. The summed E-state index contributed by atoms with van der Waals surface area (Å²) in [6, 6.07) is 14.1. The van der Waals surface area contributed by atoms with E-state index in [-0.39, 0.29) is 12.3 Å². The smallest absolute Gasteiger partial charge is 0.408 e. The fourth-order valence-electron chi connectivity index (χ4n) is 2.50. The van der Waals surface area contributed by atoms with Crippen molar-refractivity contribution in [1.82, 2.24) is 5.32 Å².